The van der Waals surface area contributed by atoms with Gasteiger partial charge in [0, 0.05) is 32.9 Å². The second-order valence-electron chi connectivity index (χ2n) is 22.6. The van der Waals surface area contributed by atoms with Crippen LogP contribution in [-0.4, -0.2) is 174 Å². The Hall–Kier alpha value is -4.50. The van der Waals surface area contributed by atoms with Crippen molar-refractivity contribution in [3.63, 3.8) is 0 Å². The predicted molar refractivity (Wildman–Crippen MR) is 253 cm³/mol. The van der Waals surface area contributed by atoms with E-state index in [9.17, 15) is 0 Å². The summed E-state index contributed by atoms with van der Waals surface area (Å²) in [5.41, 5.74) is 1.91. The molecule has 0 radical (unpaired) electrons. The summed E-state index contributed by atoms with van der Waals surface area (Å²) in [5, 5.41) is 0. The van der Waals surface area contributed by atoms with Crippen LogP contribution in [0.2, 0.25) is 0 Å². The van der Waals surface area contributed by atoms with Gasteiger partial charge >= 0.3 is 0 Å². The van der Waals surface area contributed by atoms with E-state index in [1.807, 2.05) is 0 Å². The summed E-state index contributed by atoms with van der Waals surface area (Å²) in [6, 6.07) is 13.0. The zero-order chi connectivity index (χ0) is 48.1. The summed E-state index contributed by atoms with van der Waals surface area (Å²) >= 11 is 0. The number of rotatable bonds is 30. The number of hydrogen-bond acceptors (Lipinski definition) is 18. The van der Waals surface area contributed by atoms with Gasteiger partial charge in [-0.3, -0.25) is 0 Å². The largest absolute Gasteiger partial charge is 0.487 e. The Labute approximate surface area is 423 Å². The highest BCUT2D eigenvalue weighted by Gasteiger charge is 2.67. The first-order valence-electron chi connectivity index (χ1n) is 26.6. The van der Waals surface area contributed by atoms with Gasteiger partial charge in [0.25, 0.3) is 0 Å². The molecule has 4 bridgehead atoms. The number of benzene rings is 3. The second kappa shape index (κ2) is 18.4. The molecule has 9 aliphatic heterocycles. The lowest BCUT2D eigenvalue weighted by Crippen LogP contribution is -2.62. The van der Waals surface area contributed by atoms with E-state index in [2.05, 4.69) is 36.4 Å². The van der Waals surface area contributed by atoms with Crippen LogP contribution >= 0.6 is 0 Å². The Balaban J connectivity index is 0.906. The smallest absolute Gasteiger partial charge is 0.203 e. The van der Waals surface area contributed by atoms with Gasteiger partial charge in [0.2, 0.25) is 17.2 Å². The maximum Gasteiger partial charge on any atom is 0.203 e. The van der Waals surface area contributed by atoms with E-state index < -0.39 is 16.2 Å². The standard InChI is InChI=1S/C55H64O18/c1-4-44(65-19-32-10-56-32)50(71-25-38-16-62-38)47(68-22-35-13-59-35)41(1)53-7-31-8-54(28-53,42-2-5-45(66-20-33-11-57-33)51(72-26-39-17-63-39)48(42)69-23-36-14-60-36)30-55(9-31,29-53)43-3-6-46(67-21-34-12-58-34)52(73-27-40-18-64-40)49(43)70-24-37-15-61-37/h1-6,31-40H,7-30H2. The Kier molecular flexibility index (Phi) is 11.5. The molecule has 3 aromatic rings. The highest BCUT2D eigenvalue weighted by atomic mass is 16.7. The third-order valence-corrected chi connectivity index (χ3v) is 16.4. The molecule has 4 saturated carbocycles. The molecule has 3 aromatic carbocycles. The van der Waals surface area contributed by atoms with Gasteiger partial charge in [-0.2, -0.15) is 0 Å². The molecule has 9 unspecified atom stereocenters. The Morgan fingerprint density at radius 2 is 0.493 bits per heavy atom. The molecule has 9 heterocycles. The molecule has 392 valence electrons. The molecule has 0 amide bonds. The first kappa shape index (κ1) is 45.9. The first-order valence-corrected chi connectivity index (χ1v) is 26.6. The fourth-order valence-corrected chi connectivity index (χ4v) is 12.5. The van der Waals surface area contributed by atoms with Gasteiger partial charge in [-0.05, 0) is 62.6 Å². The molecular formula is C55H64O18. The van der Waals surface area contributed by atoms with Crippen molar-refractivity contribution in [2.45, 2.75) is 110 Å². The molecule has 73 heavy (non-hydrogen) atoms. The summed E-state index contributed by atoms with van der Waals surface area (Å²) in [5.74, 6) is 6.00. The van der Waals surface area contributed by atoms with E-state index in [4.69, 9.17) is 85.3 Å². The van der Waals surface area contributed by atoms with Crippen molar-refractivity contribution in [2.75, 3.05) is 119 Å². The monoisotopic (exact) mass is 1010 g/mol. The highest BCUT2D eigenvalue weighted by molar-refractivity contribution is 5.65. The van der Waals surface area contributed by atoms with E-state index in [1.165, 1.54) is 0 Å². The Morgan fingerprint density at radius 3 is 0.712 bits per heavy atom. The molecule has 0 spiro atoms. The number of epoxide rings is 9. The van der Waals surface area contributed by atoms with Crippen molar-refractivity contribution in [2.24, 2.45) is 5.92 Å². The number of ether oxygens (including phenoxy) is 18. The Morgan fingerprint density at radius 1 is 0.288 bits per heavy atom. The quantitative estimate of drug-likeness (QED) is 0.0826. The fourth-order valence-electron chi connectivity index (χ4n) is 12.5. The van der Waals surface area contributed by atoms with Gasteiger partial charge in [-0.15, -0.1) is 0 Å². The maximum absolute atomic E-state index is 7.06. The average molecular weight is 1010 g/mol. The van der Waals surface area contributed by atoms with E-state index in [0.717, 1.165) is 55.2 Å². The average Bonchev–Trinajstić information content (AvgIpc) is 4.22. The fraction of sp³-hybridized carbons (Fsp3) is 0.673. The minimum Gasteiger partial charge on any atom is -0.487 e. The van der Waals surface area contributed by atoms with Crippen molar-refractivity contribution >= 4 is 0 Å². The molecule has 13 aliphatic rings. The predicted octanol–water partition coefficient (Wildman–Crippen LogP) is 4.80. The van der Waals surface area contributed by atoms with Crippen LogP contribution in [0.1, 0.15) is 55.2 Å². The van der Waals surface area contributed by atoms with Gasteiger partial charge in [0.1, 0.15) is 114 Å². The zero-order valence-corrected chi connectivity index (χ0v) is 41.1. The molecule has 0 aromatic heterocycles. The molecular weight excluding hydrogens is 949 g/mol. The summed E-state index contributed by atoms with van der Waals surface area (Å²) in [6.07, 6.45) is 5.33. The lowest BCUT2D eigenvalue weighted by atomic mass is 9.36. The molecule has 9 atom stereocenters. The molecule has 16 rings (SSSR count). The van der Waals surface area contributed by atoms with Crippen molar-refractivity contribution < 1.29 is 85.3 Å². The summed E-state index contributed by atoms with van der Waals surface area (Å²) in [6.45, 7) is 9.44. The van der Waals surface area contributed by atoms with Gasteiger partial charge in [-0.1, -0.05) is 18.2 Å². The van der Waals surface area contributed by atoms with E-state index in [0.29, 0.717) is 171 Å². The topological polar surface area (TPSA) is 196 Å². The molecule has 0 N–H and O–H groups in total. The van der Waals surface area contributed by atoms with E-state index >= 15 is 0 Å². The van der Waals surface area contributed by atoms with Crippen molar-refractivity contribution in [3.8, 4) is 51.7 Å². The second-order valence-corrected chi connectivity index (χ2v) is 22.6. The van der Waals surface area contributed by atoms with Crippen LogP contribution in [0, 0.1) is 5.92 Å². The Bertz CT molecular complexity index is 2250. The molecule has 13 fully saturated rings. The van der Waals surface area contributed by atoms with Gasteiger partial charge in [0.15, 0.2) is 34.5 Å². The van der Waals surface area contributed by atoms with Gasteiger partial charge in [0.05, 0.1) is 59.5 Å². The first-order chi connectivity index (χ1) is 35.9. The molecule has 9 saturated heterocycles. The van der Waals surface area contributed by atoms with Crippen LogP contribution < -0.4 is 42.6 Å². The molecule has 18 nitrogen and oxygen atoms in total. The zero-order valence-electron chi connectivity index (χ0n) is 41.1. The summed E-state index contributed by atoms with van der Waals surface area (Å²) < 4.78 is 112. The summed E-state index contributed by atoms with van der Waals surface area (Å²) in [7, 11) is 0. The van der Waals surface area contributed by atoms with Crippen LogP contribution in [-0.2, 0) is 58.9 Å². The minimum absolute atomic E-state index is 0.00500. The summed E-state index contributed by atoms with van der Waals surface area (Å²) in [4.78, 5) is 0. The third-order valence-electron chi connectivity index (χ3n) is 16.4. The maximum atomic E-state index is 7.06. The lowest BCUT2D eigenvalue weighted by molar-refractivity contribution is -0.0523. The van der Waals surface area contributed by atoms with Crippen molar-refractivity contribution in [1.29, 1.82) is 0 Å². The van der Waals surface area contributed by atoms with Crippen molar-refractivity contribution in [1.82, 2.24) is 0 Å². The van der Waals surface area contributed by atoms with Crippen LogP contribution in [0.4, 0.5) is 0 Å². The van der Waals surface area contributed by atoms with Crippen LogP contribution in [0.15, 0.2) is 36.4 Å². The molecule has 18 heteroatoms. The van der Waals surface area contributed by atoms with Crippen molar-refractivity contribution in [3.05, 3.63) is 53.1 Å². The van der Waals surface area contributed by atoms with Crippen LogP contribution in [0.25, 0.3) is 0 Å². The molecule has 4 aliphatic carbocycles. The van der Waals surface area contributed by atoms with Crippen LogP contribution in [0.3, 0.4) is 0 Å². The highest BCUT2D eigenvalue weighted by Crippen LogP contribution is 2.74. The normalized spacial score (nSPS) is 36.7. The number of hydrogen-bond donors (Lipinski definition) is 0. The SMILES string of the molecule is c1cc(C23CC4CC(c5ccc(OCC6CO6)c(OCC6CO6)c5OCC5CO5)(C2)CC(c2ccc(OCC5CO5)c(OCC5CO5)c2OCC2CO2)(C4)C3)c(OCC2CO2)c(OCC2CO2)c1OCC1CO1. The van der Waals surface area contributed by atoms with Gasteiger partial charge < -0.3 is 85.3 Å². The lowest BCUT2D eigenvalue weighted by Gasteiger charge is -2.67. The van der Waals surface area contributed by atoms with E-state index in [1.54, 1.807) is 0 Å². The minimum atomic E-state index is -0.456. The van der Waals surface area contributed by atoms with E-state index in [-0.39, 0.29) is 60.9 Å². The van der Waals surface area contributed by atoms with Gasteiger partial charge in [-0.25, -0.2) is 0 Å². The van der Waals surface area contributed by atoms with Crippen LogP contribution in [0.5, 0.6) is 51.7 Å². The third kappa shape index (κ3) is 10.1.